The number of aliphatic hydroxyl groups excluding tert-OH is 1. The highest BCUT2D eigenvalue weighted by atomic mass is 16.3. The first-order chi connectivity index (χ1) is 9.55. The summed E-state index contributed by atoms with van der Waals surface area (Å²) in [4.78, 5) is 9.43. The minimum absolute atomic E-state index is 0.0900. The van der Waals surface area contributed by atoms with E-state index in [1.54, 1.807) is 0 Å². The Balaban J connectivity index is 2.22. The zero-order valence-corrected chi connectivity index (χ0v) is 13.1. The van der Waals surface area contributed by atoms with E-state index >= 15 is 0 Å². The van der Waals surface area contributed by atoms with Gasteiger partial charge in [-0.05, 0) is 44.1 Å². The summed E-state index contributed by atoms with van der Waals surface area (Å²) in [6.07, 6.45) is 2.05. The van der Waals surface area contributed by atoms with Crippen molar-refractivity contribution >= 4 is 5.82 Å². The maximum absolute atomic E-state index is 9.44. The van der Waals surface area contributed by atoms with E-state index in [2.05, 4.69) is 37.7 Å². The second kappa shape index (κ2) is 6.55. The molecule has 0 radical (unpaired) electrons. The van der Waals surface area contributed by atoms with Crippen LogP contribution in [-0.4, -0.2) is 48.2 Å². The topological polar surface area (TPSA) is 39.6 Å². The second-order valence-corrected chi connectivity index (χ2v) is 6.15. The lowest BCUT2D eigenvalue weighted by Crippen LogP contribution is -2.34. The van der Waals surface area contributed by atoms with Gasteiger partial charge in [-0.25, -0.2) is 4.98 Å². The number of nitrogens with zero attached hydrogens (tertiary/aromatic N) is 3. The molecule has 1 saturated heterocycles. The van der Waals surface area contributed by atoms with E-state index in [0.29, 0.717) is 12.0 Å². The standard InChI is InChI=1S/C16H27N3O/c1-5-6-14-7-13(11-20)8-16(17-14)19-9-12(2)15(10-19)18(3)4/h7-8,12,15,20H,5-6,9-11H2,1-4H3. The highest BCUT2D eigenvalue weighted by Gasteiger charge is 2.31. The third-order valence-electron chi connectivity index (χ3n) is 4.17. The monoisotopic (exact) mass is 277 g/mol. The van der Waals surface area contributed by atoms with Crippen LogP contribution in [0.3, 0.4) is 0 Å². The fraction of sp³-hybridized carbons (Fsp3) is 0.688. The Labute approximate surface area is 122 Å². The van der Waals surface area contributed by atoms with Crippen LogP contribution in [-0.2, 0) is 13.0 Å². The van der Waals surface area contributed by atoms with E-state index in [4.69, 9.17) is 4.98 Å². The largest absolute Gasteiger partial charge is 0.392 e. The van der Waals surface area contributed by atoms with Crippen molar-refractivity contribution in [2.75, 3.05) is 32.1 Å². The van der Waals surface area contributed by atoms with Crippen LogP contribution in [0.5, 0.6) is 0 Å². The van der Waals surface area contributed by atoms with Crippen molar-refractivity contribution in [2.24, 2.45) is 5.92 Å². The molecule has 20 heavy (non-hydrogen) atoms. The Morgan fingerprint density at radius 3 is 2.65 bits per heavy atom. The zero-order chi connectivity index (χ0) is 14.7. The average Bonchev–Trinajstić information content (AvgIpc) is 2.81. The van der Waals surface area contributed by atoms with Crippen molar-refractivity contribution < 1.29 is 5.11 Å². The van der Waals surface area contributed by atoms with Crippen LogP contribution in [0.1, 0.15) is 31.5 Å². The summed E-state index contributed by atoms with van der Waals surface area (Å²) in [6, 6.07) is 4.63. The lowest BCUT2D eigenvalue weighted by atomic mass is 10.1. The molecule has 1 aliphatic heterocycles. The fourth-order valence-corrected chi connectivity index (χ4v) is 3.08. The summed E-state index contributed by atoms with van der Waals surface area (Å²) < 4.78 is 0. The SMILES string of the molecule is CCCc1cc(CO)cc(N2CC(C)C(N(C)C)C2)n1. The number of hydrogen-bond donors (Lipinski definition) is 1. The smallest absolute Gasteiger partial charge is 0.129 e. The molecule has 4 heteroatoms. The molecule has 4 nitrogen and oxygen atoms in total. The number of likely N-dealkylation sites (N-methyl/N-ethyl adjacent to an activating group) is 1. The molecular weight excluding hydrogens is 250 g/mol. The van der Waals surface area contributed by atoms with Crippen LogP contribution in [0, 0.1) is 5.92 Å². The number of aryl methyl sites for hydroxylation is 1. The van der Waals surface area contributed by atoms with Crippen molar-refractivity contribution in [3.63, 3.8) is 0 Å². The molecule has 2 unspecified atom stereocenters. The van der Waals surface area contributed by atoms with Gasteiger partial charge in [0.15, 0.2) is 0 Å². The summed E-state index contributed by atoms with van der Waals surface area (Å²) in [5.74, 6) is 1.66. The maximum atomic E-state index is 9.44. The van der Waals surface area contributed by atoms with Gasteiger partial charge in [0, 0.05) is 24.8 Å². The Hall–Kier alpha value is -1.13. The zero-order valence-electron chi connectivity index (χ0n) is 13.1. The van der Waals surface area contributed by atoms with Crippen LogP contribution in [0.25, 0.3) is 0 Å². The molecule has 0 aromatic carbocycles. The Morgan fingerprint density at radius 1 is 1.35 bits per heavy atom. The van der Waals surface area contributed by atoms with Gasteiger partial charge in [-0.15, -0.1) is 0 Å². The molecular formula is C16H27N3O. The molecule has 2 heterocycles. The first-order valence-corrected chi connectivity index (χ1v) is 7.57. The minimum atomic E-state index is 0.0900. The molecule has 2 atom stereocenters. The third-order valence-corrected chi connectivity index (χ3v) is 4.17. The molecule has 0 aliphatic carbocycles. The van der Waals surface area contributed by atoms with Crippen molar-refractivity contribution in [1.82, 2.24) is 9.88 Å². The summed E-state index contributed by atoms with van der Waals surface area (Å²) in [5.41, 5.74) is 2.06. The highest BCUT2D eigenvalue weighted by Crippen LogP contribution is 2.26. The molecule has 0 bridgehead atoms. The summed E-state index contributed by atoms with van der Waals surface area (Å²) in [7, 11) is 4.29. The Kier molecular flexibility index (Phi) is 5.00. The van der Waals surface area contributed by atoms with Gasteiger partial charge >= 0.3 is 0 Å². The molecule has 1 fully saturated rings. The van der Waals surface area contributed by atoms with E-state index in [1.807, 2.05) is 12.1 Å². The molecule has 1 aliphatic rings. The number of aromatic nitrogens is 1. The molecule has 1 aromatic heterocycles. The molecule has 0 spiro atoms. The van der Waals surface area contributed by atoms with Crippen LogP contribution in [0.2, 0.25) is 0 Å². The molecule has 2 rings (SSSR count). The summed E-state index contributed by atoms with van der Waals surface area (Å²) in [6.45, 7) is 6.60. The van der Waals surface area contributed by atoms with E-state index in [-0.39, 0.29) is 6.61 Å². The van der Waals surface area contributed by atoms with Gasteiger partial charge in [-0.1, -0.05) is 20.3 Å². The quantitative estimate of drug-likeness (QED) is 0.892. The number of anilines is 1. The van der Waals surface area contributed by atoms with Gasteiger partial charge in [-0.3, -0.25) is 0 Å². The van der Waals surface area contributed by atoms with E-state index in [9.17, 15) is 5.11 Å². The molecule has 0 saturated carbocycles. The number of hydrogen-bond acceptors (Lipinski definition) is 4. The van der Waals surface area contributed by atoms with Crippen LogP contribution >= 0.6 is 0 Å². The van der Waals surface area contributed by atoms with Gasteiger partial charge in [0.05, 0.1) is 6.61 Å². The predicted molar refractivity (Wildman–Crippen MR) is 83.0 cm³/mol. The predicted octanol–water partition coefficient (Wildman–Crippen LogP) is 1.91. The van der Waals surface area contributed by atoms with Gasteiger partial charge in [0.25, 0.3) is 0 Å². The van der Waals surface area contributed by atoms with E-state index in [1.165, 1.54) is 0 Å². The number of pyridine rings is 1. The first-order valence-electron chi connectivity index (χ1n) is 7.57. The second-order valence-electron chi connectivity index (χ2n) is 6.15. The van der Waals surface area contributed by atoms with Crippen molar-refractivity contribution in [3.05, 3.63) is 23.4 Å². The number of rotatable bonds is 5. The van der Waals surface area contributed by atoms with E-state index < -0.39 is 0 Å². The van der Waals surface area contributed by atoms with Crippen LogP contribution in [0.15, 0.2) is 12.1 Å². The molecule has 1 N–H and O–H groups in total. The van der Waals surface area contributed by atoms with Gasteiger partial charge < -0.3 is 14.9 Å². The number of aliphatic hydroxyl groups is 1. The molecule has 112 valence electrons. The normalized spacial score (nSPS) is 22.8. The fourth-order valence-electron chi connectivity index (χ4n) is 3.08. The first kappa shape index (κ1) is 15.3. The van der Waals surface area contributed by atoms with Crippen LogP contribution < -0.4 is 4.90 Å². The maximum Gasteiger partial charge on any atom is 0.129 e. The Bertz CT molecular complexity index is 447. The van der Waals surface area contributed by atoms with Crippen LogP contribution in [0.4, 0.5) is 5.82 Å². The average molecular weight is 277 g/mol. The van der Waals surface area contributed by atoms with Crippen molar-refractivity contribution in [3.8, 4) is 0 Å². The Morgan fingerprint density at radius 2 is 2.10 bits per heavy atom. The molecule has 0 amide bonds. The lowest BCUT2D eigenvalue weighted by molar-refractivity contribution is 0.266. The lowest BCUT2D eigenvalue weighted by Gasteiger charge is -2.23. The summed E-state index contributed by atoms with van der Waals surface area (Å²) >= 11 is 0. The minimum Gasteiger partial charge on any atom is -0.392 e. The van der Waals surface area contributed by atoms with Gasteiger partial charge in [0.2, 0.25) is 0 Å². The van der Waals surface area contributed by atoms with Crippen molar-refractivity contribution in [1.29, 1.82) is 0 Å². The summed E-state index contributed by atoms with van der Waals surface area (Å²) in [5, 5.41) is 9.44. The van der Waals surface area contributed by atoms with E-state index in [0.717, 1.165) is 43.0 Å². The van der Waals surface area contributed by atoms with Crippen molar-refractivity contribution in [2.45, 2.75) is 39.3 Å². The van der Waals surface area contributed by atoms with Gasteiger partial charge in [0.1, 0.15) is 5.82 Å². The van der Waals surface area contributed by atoms with Gasteiger partial charge in [-0.2, -0.15) is 0 Å². The highest BCUT2D eigenvalue weighted by molar-refractivity contribution is 5.44. The third kappa shape index (κ3) is 3.30. The molecule has 1 aromatic rings.